The SMILES string of the molecule is C=CCCCCCC=[N+]1c2cc(C(F)(F)F)cc(C(F)(F)F)c2NC1CCCN1CCNCC1. The third-order valence-corrected chi connectivity index (χ3v) is 6.27. The van der Waals surface area contributed by atoms with Crippen molar-refractivity contribution in [3.05, 3.63) is 35.9 Å². The number of unbranched alkanes of at least 4 members (excludes halogenated alkanes) is 4. The van der Waals surface area contributed by atoms with Crippen molar-refractivity contribution >= 4 is 17.6 Å². The Labute approximate surface area is 196 Å². The van der Waals surface area contributed by atoms with E-state index < -0.39 is 29.6 Å². The van der Waals surface area contributed by atoms with Crippen molar-refractivity contribution < 1.29 is 30.9 Å². The van der Waals surface area contributed by atoms with Gasteiger partial charge >= 0.3 is 12.4 Å². The van der Waals surface area contributed by atoms with Crippen molar-refractivity contribution in [2.24, 2.45) is 0 Å². The average Bonchev–Trinajstić information content (AvgIpc) is 3.12. The number of benzene rings is 1. The predicted octanol–water partition coefficient (Wildman–Crippen LogP) is 6.01. The number of nitrogens with zero attached hydrogens (tertiary/aromatic N) is 2. The van der Waals surface area contributed by atoms with Gasteiger partial charge in [-0.2, -0.15) is 30.9 Å². The molecule has 1 fully saturated rings. The molecule has 1 unspecified atom stereocenters. The lowest BCUT2D eigenvalue weighted by atomic mass is 10.1. The summed E-state index contributed by atoms with van der Waals surface area (Å²) >= 11 is 0. The van der Waals surface area contributed by atoms with Crippen LogP contribution in [0.3, 0.4) is 0 Å². The second kappa shape index (κ2) is 11.6. The van der Waals surface area contributed by atoms with E-state index in [0.29, 0.717) is 12.8 Å². The fourth-order valence-electron chi connectivity index (χ4n) is 4.49. The highest BCUT2D eigenvalue weighted by molar-refractivity contribution is 5.73. The van der Waals surface area contributed by atoms with Gasteiger partial charge in [-0.15, -0.1) is 6.58 Å². The van der Waals surface area contributed by atoms with Gasteiger partial charge in [-0.3, -0.25) is 0 Å². The minimum absolute atomic E-state index is 0.0552. The van der Waals surface area contributed by atoms with Crippen molar-refractivity contribution in [3.8, 4) is 0 Å². The molecule has 4 nitrogen and oxygen atoms in total. The van der Waals surface area contributed by atoms with E-state index in [1.165, 1.54) is 0 Å². The summed E-state index contributed by atoms with van der Waals surface area (Å²) in [5.74, 6) is 0. The maximum absolute atomic E-state index is 13.7. The largest absolute Gasteiger partial charge is 0.418 e. The molecule has 2 heterocycles. The number of rotatable bonds is 10. The average molecular weight is 492 g/mol. The van der Waals surface area contributed by atoms with Crippen LogP contribution in [0, 0.1) is 0 Å². The number of hydrogen-bond acceptors (Lipinski definition) is 3. The maximum Gasteiger partial charge on any atom is 0.418 e. The van der Waals surface area contributed by atoms with Crippen molar-refractivity contribution in [1.82, 2.24) is 10.2 Å². The molecule has 2 aliphatic heterocycles. The molecule has 0 saturated carbocycles. The van der Waals surface area contributed by atoms with Gasteiger partial charge in [0.25, 0.3) is 0 Å². The van der Waals surface area contributed by atoms with E-state index >= 15 is 0 Å². The molecule has 2 N–H and O–H groups in total. The van der Waals surface area contributed by atoms with E-state index in [1.54, 1.807) is 10.8 Å². The summed E-state index contributed by atoms with van der Waals surface area (Å²) in [5.41, 5.74) is -2.88. The van der Waals surface area contributed by atoms with Crippen LogP contribution in [-0.2, 0) is 12.4 Å². The summed E-state index contributed by atoms with van der Waals surface area (Å²) in [6, 6.07) is 1.05. The van der Waals surface area contributed by atoms with Crippen LogP contribution in [0.4, 0.5) is 37.7 Å². The quantitative estimate of drug-likeness (QED) is 0.182. The second-order valence-corrected chi connectivity index (χ2v) is 8.82. The Kier molecular flexibility index (Phi) is 9.03. The molecule has 10 heteroatoms. The van der Waals surface area contributed by atoms with Crippen LogP contribution < -0.4 is 10.6 Å². The van der Waals surface area contributed by atoms with E-state index in [2.05, 4.69) is 22.1 Å². The van der Waals surface area contributed by atoms with E-state index in [-0.39, 0.29) is 17.4 Å². The third kappa shape index (κ3) is 6.97. The van der Waals surface area contributed by atoms with Gasteiger partial charge in [0.05, 0.1) is 11.1 Å². The van der Waals surface area contributed by atoms with E-state index in [0.717, 1.165) is 70.9 Å². The Balaban J connectivity index is 1.84. The summed E-state index contributed by atoms with van der Waals surface area (Å²) in [6.45, 7) is 8.09. The zero-order chi connectivity index (χ0) is 24.8. The molecule has 0 aliphatic carbocycles. The molecule has 1 aromatic carbocycles. The van der Waals surface area contributed by atoms with Crippen LogP contribution in [-0.4, -0.2) is 54.6 Å². The first-order valence-corrected chi connectivity index (χ1v) is 11.9. The minimum atomic E-state index is -4.90. The van der Waals surface area contributed by atoms with Crippen LogP contribution in [0.5, 0.6) is 0 Å². The van der Waals surface area contributed by atoms with Gasteiger partial charge in [-0.25, -0.2) is 0 Å². The number of fused-ring (bicyclic) bond motifs is 1. The zero-order valence-electron chi connectivity index (χ0n) is 19.2. The van der Waals surface area contributed by atoms with Gasteiger partial charge in [-0.1, -0.05) is 12.5 Å². The molecule has 2 aliphatic rings. The highest BCUT2D eigenvalue weighted by Crippen LogP contribution is 2.47. The normalized spacial score (nSPS) is 20.4. The van der Waals surface area contributed by atoms with Gasteiger partial charge < -0.3 is 15.5 Å². The molecule has 1 atom stereocenters. The molecular formula is C24H33F6N4+. The molecule has 3 rings (SSSR count). The lowest BCUT2D eigenvalue weighted by Crippen LogP contribution is -2.44. The van der Waals surface area contributed by atoms with Gasteiger partial charge in [0.2, 0.25) is 11.9 Å². The highest BCUT2D eigenvalue weighted by Gasteiger charge is 2.46. The Hall–Kier alpha value is -2.07. The second-order valence-electron chi connectivity index (χ2n) is 8.82. The predicted molar refractivity (Wildman–Crippen MR) is 122 cm³/mol. The van der Waals surface area contributed by atoms with Crippen molar-refractivity contribution in [3.63, 3.8) is 0 Å². The van der Waals surface area contributed by atoms with Crippen LogP contribution in [0.2, 0.25) is 0 Å². The molecule has 0 bridgehead atoms. The van der Waals surface area contributed by atoms with E-state index in [1.807, 2.05) is 6.08 Å². The maximum atomic E-state index is 13.7. The first-order chi connectivity index (χ1) is 16.1. The van der Waals surface area contributed by atoms with Crippen LogP contribution in [0.15, 0.2) is 24.8 Å². The molecular weight excluding hydrogens is 458 g/mol. The molecule has 1 saturated heterocycles. The van der Waals surface area contributed by atoms with Gasteiger partial charge in [0, 0.05) is 45.1 Å². The fraction of sp³-hybridized carbons (Fsp3) is 0.625. The summed E-state index contributed by atoms with van der Waals surface area (Å²) in [5, 5.41) is 6.17. The number of hydrogen-bond donors (Lipinski definition) is 2. The number of halogens is 6. The van der Waals surface area contributed by atoms with Crippen LogP contribution in [0.1, 0.15) is 56.1 Å². The summed E-state index contributed by atoms with van der Waals surface area (Å²) in [6.07, 6.45) is -1.33. The smallest absolute Gasteiger partial charge is 0.322 e. The molecule has 0 amide bonds. The molecule has 0 aromatic heterocycles. The monoisotopic (exact) mass is 491 g/mol. The zero-order valence-corrected chi connectivity index (χ0v) is 19.2. The number of piperazine rings is 1. The van der Waals surface area contributed by atoms with Crippen molar-refractivity contribution in [2.75, 3.05) is 38.0 Å². The standard InChI is InChI=1S/C24H33F6N4/c1-2-3-4-5-6-7-13-34-20-17-18(23(25,26)27)16-19(24(28,29)30)22(20)32-21(34)9-8-12-33-14-10-31-11-15-33/h2,13,16-17,21,31-32H,1,3-12,14-15H2/q+1. The Bertz CT molecular complexity index is 856. The van der Waals surface area contributed by atoms with E-state index in [4.69, 9.17) is 0 Å². The number of allylic oxidation sites excluding steroid dienone is 1. The number of nitrogens with one attached hydrogen (secondary N) is 2. The van der Waals surface area contributed by atoms with Gasteiger partial charge in [0.1, 0.15) is 11.9 Å². The Morgan fingerprint density at radius 2 is 1.68 bits per heavy atom. The Morgan fingerprint density at radius 1 is 0.971 bits per heavy atom. The van der Waals surface area contributed by atoms with Crippen LogP contribution >= 0.6 is 0 Å². The minimum Gasteiger partial charge on any atom is -0.322 e. The summed E-state index contributed by atoms with van der Waals surface area (Å²) < 4.78 is 83.1. The molecule has 34 heavy (non-hydrogen) atoms. The topological polar surface area (TPSA) is 30.3 Å². The first-order valence-electron chi connectivity index (χ1n) is 11.9. The first kappa shape index (κ1) is 26.5. The number of alkyl halides is 6. The Morgan fingerprint density at radius 3 is 2.32 bits per heavy atom. The van der Waals surface area contributed by atoms with E-state index in [9.17, 15) is 26.3 Å². The van der Waals surface area contributed by atoms with Crippen molar-refractivity contribution in [2.45, 2.75) is 63.5 Å². The van der Waals surface area contributed by atoms with Crippen molar-refractivity contribution in [1.29, 1.82) is 0 Å². The van der Waals surface area contributed by atoms with Crippen LogP contribution in [0.25, 0.3) is 0 Å². The lowest BCUT2D eigenvalue weighted by Gasteiger charge is -2.27. The van der Waals surface area contributed by atoms with Gasteiger partial charge in [0.15, 0.2) is 0 Å². The third-order valence-electron chi connectivity index (χ3n) is 6.27. The fourth-order valence-corrected chi connectivity index (χ4v) is 4.49. The molecule has 0 spiro atoms. The highest BCUT2D eigenvalue weighted by atomic mass is 19.4. The molecule has 0 radical (unpaired) electrons. The van der Waals surface area contributed by atoms with Gasteiger partial charge in [-0.05, 0) is 38.3 Å². The summed E-state index contributed by atoms with van der Waals surface area (Å²) in [7, 11) is 0. The molecule has 1 aromatic rings. The number of anilines is 1. The molecule has 190 valence electrons. The summed E-state index contributed by atoms with van der Waals surface area (Å²) in [4.78, 5) is 2.29. The lowest BCUT2D eigenvalue weighted by molar-refractivity contribution is -0.465.